The molecule has 8 nitrogen and oxygen atoms in total. The van der Waals surface area contributed by atoms with E-state index in [4.69, 9.17) is 14.3 Å². The molecule has 0 radical (unpaired) electrons. The first-order valence-corrected chi connectivity index (χ1v) is 19.1. The van der Waals surface area contributed by atoms with Crippen molar-refractivity contribution in [3.8, 4) is 5.69 Å². The molecule has 0 fully saturated rings. The molecular formula is C37H50FN3O5Si. The van der Waals surface area contributed by atoms with Gasteiger partial charge in [-0.15, -0.1) is 0 Å². The Bertz CT molecular complexity index is 1590. The lowest BCUT2D eigenvalue weighted by atomic mass is 9.98. The number of ketones is 1. The molecular weight excluding hydrogens is 614 g/mol. The summed E-state index contributed by atoms with van der Waals surface area (Å²) in [5.41, 5.74) is 4.46. The van der Waals surface area contributed by atoms with Gasteiger partial charge in [-0.25, -0.2) is 9.07 Å². The van der Waals surface area contributed by atoms with E-state index in [2.05, 4.69) is 46.9 Å². The standard InChI is InChI=1S/C37H50FN3O5Si/c1-11-26-14-12-13-15-27(26)24-40(7)36(44)35-34(25(2)3)32(41(39-35)29-18-16-28(38)17-19-29)21-20-31(22-30(42)23-33(43)45-8)46-47(9,10)37(4,5)6/h12-21,25,31H,11,22-24H2,1-10H3. The molecule has 0 bridgehead atoms. The van der Waals surface area contributed by atoms with Crippen molar-refractivity contribution < 1.29 is 27.9 Å². The number of ether oxygens (including phenoxy) is 1. The number of hydrogen-bond acceptors (Lipinski definition) is 6. The van der Waals surface area contributed by atoms with Gasteiger partial charge in [-0.05, 0) is 71.9 Å². The number of nitrogens with zero attached hydrogens (tertiary/aromatic N) is 3. The summed E-state index contributed by atoms with van der Waals surface area (Å²) in [4.78, 5) is 40.6. The van der Waals surface area contributed by atoms with E-state index in [1.165, 1.54) is 24.8 Å². The van der Waals surface area contributed by atoms with E-state index in [9.17, 15) is 18.8 Å². The van der Waals surface area contributed by atoms with E-state index in [1.54, 1.807) is 28.8 Å². The maximum absolute atomic E-state index is 14.1. The van der Waals surface area contributed by atoms with Gasteiger partial charge in [0.2, 0.25) is 0 Å². The van der Waals surface area contributed by atoms with Gasteiger partial charge in [-0.3, -0.25) is 14.4 Å². The molecule has 0 saturated carbocycles. The Morgan fingerprint density at radius 2 is 1.66 bits per heavy atom. The van der Waals surface area contributed by atoms with Gasteiger partial charge < -0.3 is 14.1 Å². The summed E-state index contributed by atoms with van der Waals surface area (Å²) in [6.07, 6.45) is 3.48. The molecule has 0 N–H and O–H groups in total. The molecule has 3 rings (SSSR count). The summed E-state index contributed by atoms with van der Waals surface area (Å²) in [7, 11) is 0.659. The first kappa shape index (κ1) is 37.6. The average Bonchev–Trinajstić information content (AvgIpc) is 3.39. The van der Waals surface area contributed by atoms with E-state index in [0.29, 0.717) is 23.6 Å². The minimum atomic E-state index is -2.36. The molecule has 47 heavy (non-hydrogen) atoms. The monoisotopic (exact) mass is 663 g/mol. The van der Waals surface area contributed by atoms with Crippen molar-refractivity contribution in [2.45, 2.75) is 97.5 Å². The van der Waals surface area contributed by atoms with Crippen molar-refractivity contribution in [1.82, 2.24) is 14.7 Å². The lowest BCUT2D eigenvalue weighted by Crippen LogP contribution is -2.44. The summed E-state index contributed by atoms with van der Waals surface area (Å²) < 4.78 is 27.0. The van der Waals surface area contributed by atoms with Gasteiger partial charge in [-0.2, -0.15) is 5.10 Å². The van der Waals surface area contributed by atoms with E-state index in [-0.39, 0.29) is 41.3 Å². The van der Waals surface area contributed by atoms with E-state index >= 15 is 0 Å². The minimum Gasteiger partial charge on any atom is -0.469 e. The molecule has 1 atom stereocenters. The number of benzene rings is 2. The van der Waals surface area contributed by atoms with Gasteiger partial charge in [0.15, 0.2) is 14.0 Å². The van der Waals surface area contributed by atoms with Crippen LogP contribution in [0.2, 0.25) is 18.1 Å². The number of Topliss-reactive ketones (excluding diaryl/α,β-unsaturated/α-hetero) is 1. The van der Waals surface area contributed by atoms with Crippen LogP contribution in [0.3, 0.4) is 0 Å². The predicted octanol–water partition coefficient (Wildman–Crippen LogP) is 7.90. The second kappa shape index (κ2) is 15.8. The summed E-state index contributed by atoms with van der Waals surface area (Å²) in [5, 5.41) is 4.70. The van der Waals surface area contributed by atoms with Gasteiger partial charge in [0.25, 0.3) is 5.91 Å². The minimum absolute atomic E-state index is 0.0226. The fourth-order valence-electron chi connectivity index (χ4n) is 5.11. The molecule has 0 aliphatic heterocycles. The molecule has 1 aromatic heterocycles. The van der Waals surface area contributed by atoms with Crippen LogP contribution in [0.1, 0.15) is 93.2 Å². The lowest BCUT2D eigenvalue weighted by molar-refractivity contribution is -0.143. The van der Waals surface area contributed by atoms with Gasteiger partial charge in [0, 0.05) is 25.6 Å². The van der Waals surface area contributed by atoms with Gasteiger partial charge in [-0.1, -0.05) is 71.9 Å². The van der Waals surface area contributed by atoms with Crippen molar-refractivity contribution in [3.05, 3.63) is 88.5 Å². The molecule has 0 aliphatic carbocycles. The highest BCUT2D eigenvalue weighted by Gasteiger charge is 2.39. The molecule has 0 saturated heterocycles. The van der Waals surface area contributed by atoms with Crippen LogP contribution in [0.25, 0.3) is 11.8 Å². The van der Waals surface area contributed by atoms with Crippen LogP contribution in [0, 0.1) is 5.82 Å². The number of aromatic nitrogens is 2. The predicted molar refractivity (Wildman–Crippen MR) is 187 cm³/mol. The van der Waals surface area contributed by atoms with Crippen LogP contribution in [-0.4, -0.2) is 60.9 Å². The number of halogens is 1. The molecule has 1 unspecified atom stereocenters. The first-order valence-electron chi connectivity index (χ1n) is 16.1. The molecule has 2 aromatic carbocycles. The van der Waals surface area contributed by atoms with Gasteiger partial charge >= 0.3 is 5.97 Å². The smallest absolute Gasteiger partial charge is 0.313 e. The number of esters is 1. The SMILES string of the molecule is CCc1ccccc1CN(C)C(=O)c1nn(-c2ccc(F)cc2)c(C=CC(CC(=O)CC(=O)OC)O[Si](C)(C)C(C)(C)C)c1C(C)C. The van der Waals surface area contributed by atoms with Crippen molar-refractivity contribution in [2.24, 2.45) is 0 Å². The zero-order valence-corrected chi connectivity index (χ0v) is 30.5. The molecule has 0 spiro atoms. The van der Waals surface area contributed by atoms with Gasteiger partial charge in [0.1, 0.15) is 18.0 Å². The fraction of sp³-hybridized carbons (Fsp3) is 0.459. The van der Waals surface area contributed by atoms with Gasteiger partial charge in [0.05, 0.1) is 24.6 Å². The third-order valence-electron chi connectivity index (χ3n) is 8.78. The fourth-order valence-corrected chi connectivity index (χ4v) is 6.38. The highest BCUT2D eigenvalue weighted by molar-refractivity contribution is 6.74. The lowest BCUT2D eigenvalue weighted by Gasteiger charge is -2.38. The third-order valence-corrected chi connectivity index (χ3v) is 13.3. The maximum Gasteiger partial charge on any atom is 0.313 e. The average molecular weight is 664 g/mol. The summed E-state index contributed by atoms with van der Waals surface area (Å²) >= 11 is 0. The van der Waals surface area contributed by atoms with Crippen LogP contribution in [0.15, 0.2) is 54.6 Å². The third kappa shape index (κ3) is 9.57. The number of rotatable bonds is 14. The molecule has 254 valence electrons. The van der Waals surface area contributed by atoms with Crippen molar-refractivity contribution in [2.75, 3.05) is 14.2 Å². The number of methoxy groups -OCH3 is 1. The summed E-state index contributed by atoms with van der Waals surface area (Å²) in [5.74, 6) is -1.64. The molecule has 0 aliphatic rings. The quantitative estimate of drug-likeness (QED) is 0.0990. The highest BCUT2D eigenvalue weighted by Crippen LogP contribution is 2.38. The largest absolute Gasteiger partial charge is 0.469 e. The summed E-state index contributed by atoms with van der Waals surface area (Å²) in [6.45, 7) is 17.0. The Morgan fingerprint density at radius 3 is 2.21 bits per heavy atom. The number of aryl methyl sites for hydroxylation is 1. The van der Waals surface area contributed by atoms with Crippen molar-refractivity contribution in [1.29, 1.82) is 0 Å². The topological polar surface area (TPSA) is 90.7 Å². The maximum atomic E-state index is 14.1. The highest BCUT2D eigenvalue weighted by atomic mass is 28.4. The molecule has 10 heteroatoms. The van der Waals surface area contributed by atoms with E-state index in [0.717, 1.165) is 17.5 Å². The van der Waals surface area contributed by atoms with Crippen LogP contribution in [0.5, 0.6) is 0 Å². The second-order valence-corrected chi connectivity index (χ2v) is 18.5. The Morgan fingerprint density at radius 1 is 1.04 bits per heavy atom. The molecule has 3 aromatic rings. The first-order chi connectivity index (χ1) is 22.0. The van der Waals surface area contributed by atoms with Crippen molar-refractivity contribution in [3.63, 3.8) is 0 Å². The van der Waals surface area contributed by atoms with Crippen molar-refractivity contribution >= 4 is 32.1 Å². The number of carbonyl (C=O) groups is 3. The van der Waals surface area contributed by atoms with Crippen LogP contribution in [-0.2, 0) is 31.7 Å². The van der Waals surface area contributed by atoms with E-state index in [1.807, 2.05) is 44.2 Å². The van der Waals surface area contributed by atoms with Crippen LogP contribution < -0.4 is 0 Å². The van der Waals surface area contributed by atoms with E-state index < -0.39 is 20.4 Å². The second-order valence-electron chi connectivity index (χ2n) is 13.7. The Hall–Kier alpha value is -3.89. The zero-order valence-electron chi connectivity index (χ0n) is 29.5. The Balaban J connectivity index is 2.15. The van der Waals surface area contributed by atoms with Crippen LogP contribution >= 0.6 is 0 Å². The zero-order chi connectivity index (χ0) is 35.1. The normalized spacial score (nSPS) is 12.9. The molecule has 1 heterocycles. The number of amides is 1. The Labute approximate surface area is 280 Å². The Kier molecular flexibility index (Phi) is 12.6. The molecule has 1 amide bonds. The van der Waals surface area contributed by atoms with Crippen LogP contribution in [0.4, 0.5) is 4.39 Å². The number of hydrogen-bond donors (Lipinski definition) is 0. The number of carbonyl (C=O) groups excluding carboxylic acids is 3. The summed E-state index contributed by atoms with van der Waals surface area (Å²) in [6, 6.07) is 14.0.